The van der Waals surface area contributed by atoms with E-state index in [1.165, 1.54) is 22.2 Å². The molecule has 1 N–H and O–H groups in total. The number of ether oxygens (including phenoxy) is 1. The number of hydrogen-bond donors (Lipinski definition) is 1. The minimum atomic E-state index is -0.424. The number of thioether (sulfide) groups is 1. The Kier molecular flexibility index (Phi) is 5.16. The summed E-state index contributed by atoms with van der Waals surface area (Å²) in [7, 11) is 3.29. The van der Waals surface area contributed by atoms with Gasteiger partial charge < -0.3 is 10.1 Å². The lowest BCUT2D eigenvalue weighted by molar-refractivity contribution is -0.115. The maximum absolute atomic E-state index is 12.9. The average Bonchev–Trinajstić information content (AvgIpc) is 3.27. The van der Waals surface area contributed by atoms with Gasteiger partial charge in [0.05, 0.1) is 23.4 Å². The molecule has 8 heteroatoms. The first kappa shape index (κ1) is 19.0. The van der Waals surface area contributed by atoms with Gasteiger partial charge in [0.15, 0.2) is 5.16 Å². The molecule has 1 aromatic carbocycles. The highest BCUT2D eigenvalue weighted by atomic mass is 32.2. The standard InChI is InChI=1S/C20H21N3O3S2/c1-11(17(24)21-13-8-4-5-9-14(13)26-3)27-20-22-18-16(19(25)23(20)2)12-7-6-10-15(12)28-18/h4-5,8-9,11H,6-7,10H2,1-3H3,(H,21,24)/t11-/m1/s1. The van der Waals surface area contributed by atoms with E-state index in [-0.39, 0.29) is 11.5 Å². The summed E-state index contributed by atoms with van der Waals surface area (Å²) >= 11 is 2.90. The number of amides is 1. The zero-order chi connectivity index (χ0) is 19.8. The summed E-state index contributed by atoms with van der Waals surface area (Å²) in [4.78, 5) is 32.3. The van der Waals surface area contributed by atoms with E-state index < -0.39 is 5.25 Å². The van der Waals surface area contributed by atoms with E-state index >= 15 is 0 Å². The van der Waals surface area contributed by atoms with Gasteiger partial charge in [0.2, 0.25) is 5.91 Å². The monoisotopic (exact) mass is 415 g/mol. The predicted molar refractivity (Wildman–Crippen MR) is 114 cm³/mol. The van der Waals surface area contributed by atoms with Gasteiger partial charge in [-0.2, -0.15) is 0 Å². The van der Waals surface area contributed by atoms with Gasteiger partial charge in [0.1, 0.15) is 10.6 Å². The number of aryl methyl sites for hydroxylation is 2. The van der Waals surface area contributed by atoms with Gasteiger partial charge in [-0.3, -0.25) is 14.2 Å². The number of fused-ring (bicyclic) bond motifs is 3. The van der Waals surface area contributed by atoms with Crippen LogP contribution in [0.4, 0.5) is 5.69 Å². The molecule has 3 aromatic rings. The fourth-order valence-electron chi connectivity index (χ4n) is 3.40. The van der Waals surface area contributed by atoms with Crippen molar-refractivity contribution < 1.29 is 9.53 Å². The van der Waals surface area contributed by atoms with Crippen molar-refractivity contribution in [3.8, 4) is 5.75 Å². The third kappa shape index (κ3) is 3.31. The maximum Gasteiger partial charge on any atom is 0.262 e. The molecule has 1 atom stereocenters. The molecule has 2 aromatic heterocycles. The molecule has 2 heterocycles. The minimum absolute atomic E-state index is 0.0239. The van der Waals surface area contributed by atoms with Crippen LogP contribution in [-0.4, -0.2) is 27.8 Å². The van der Waals surface area contributed by atoms with E-state index in [1.807, 2.05) is 12.1 Å². The Morgan fingerprint density at radius 2 is 2.14 bits per heavy atom. The molecule has 4 rings (SSSR count). The summed E-state index contributed by atoms with van der Waals surface area (Å²) in [5, 5.41) is 3.78. The molecule has 1 aliphatic carbocycles. The van der Waals surface area contributed by atoms with Crippen LogP contribution in [0.25, 0.3) is 10.2 Å². The largest absolute Gasteiger partial charge is 0.495 e. The fraction of sp³-hybridized carbons (Fsp3) is 0.350. The first-order valence-electron chi connectivity index (χ1n) is 9.11. The summed E-state index contributed by atoms with van der Waals surface area (Å²) in [6.45, 7) is 1.81. The van der Waals surface area contributed by atoms with Crippen LogP contribution in [0.5, 0.6) is 5.75 Å². The Hall–Kier alpha value is -2.32. The third-order valence-corrected chi connectivity index (χ3v) is 7.25. The number of carbonyl (C=O) groups is 1. The van der Waals surface area contributed by atoms with Gasteiger partial charge in [-0.05, 0) is 43.9 Å². The first-order valence-corrected chi connectivity index (χ1v) is 10.8. The van der Waals surface area contributed by atoms with Crippen molar-refractivity contribution in [2.24, 2.45) is 7.05 Å². The minimum Gasteiger partial charge on any atom is -0.495 e. The van der Waals surface area contributed by atoms with E-state index in [9.17, 15) is 9.59 Å². The number of carbonyl (C=O) groups excluding carboxylic acids is 1. The summed E-state index contributed by atoms with van der Waals surface area (Å²) in [6, 6.07) is 7.27. The van der Waals surface area contributed by atoms with Crippen molar-refractivity contribution in [2.75, 3.05) is 12.4 Å². The van der Waals surface area contributed by atoms with Gasteiger partial charge in [-0.15, -0.1) is 11.3 Å². The predicted octanol–water partition coefficient (Wildman–Crippen LogP) is 3.61. The lowest BCUT2D eigenvalue weighted by Crippen LogP contribution is -2.25. The molecule has 0 saturated heterocycles. The van der Waals surface area contributed by atoms with Gasteiger partial charge in [-0.1, -0.05) is 23.9 Å². The average molecular weight is 416 g/mol. The maximum atomic E-state index is 12.9. The normalized spacial score (nSPS) is 14.1. The molecule has 6 nitrogen and oxygen atoms in total. The van der Waals surface area contributed by atoms with Crippen LogP contribution in [0, 0.1) is 0 Å². The molecule has 1 amide bonds. The molecule has 146 valence electrons. The molecular formula is C20H21N3O3S2. The summed E-state index contributed by atoms with van der Waals surface area (Å²) in [5.74, 6) is 0.436. The summed E-state index contributed by atoms with van der Waals surface area (Å²) in [6.07, 6.45) is 3.09. The molecule has 0 saturated carbocycles. The van der Waals surface area contributed by atoms with Crippen molar-refractivity contribution in [3.63, 3.8) is 0 Å². The molecule has 28 heavy (non-hydrogen) atoms. The number of benzene rings is 1. The molecule has 0 radical (unpaired) electrons. The number of methoxy groups -OCH3 is 1. The summed E-state index contributed by atoms with van der Waals surface area (Å²) in [5.41, 5.74) is 1.77. The third-order valence-electron chi connectivity index (χ3n) is 4.92. The van der Waals surface area contributed by atoms with E-state index in [0.29, 0.717) is 16.6 Å². The molecule has 0 aliphatic heterocycles. The number of hydrogen-bond acceptors (Lipinski definition) is 6. The molecule has 0 fully saturated rings. The Morgan fingerprint density at radius 3 is 2.93 bits per heavy atom. The van der Waals surface area contributed by atoms with Crippen LogP contribution >= 0.6 is 23.1 Å². The van der Waals surface area contributed by atoms with Gasteiger partial charge in [-0.25, -0.2) is 4.98 Å². The topological polar surface area (TPSA) is 73.2 Å². The first-order chi connectivity index (χ1) is 13.5. The second kappa shape index (κ2) is 7.60. The lowest BCUT2D eigenvalue weighted by Gasteiger charge is -2.15. The van der Waals surface area contributed by atoms with Crippen molar-refractivity contribution in [1.82, 2.24) is 9.55 Å². The Balaban J connectivity index is 1.58. The van der Waals surface area contributed by atoms with Crippen LogP contribution in [0.15, 0.2) is 34.2 Å². The second-order valence-corrected chi connectivity index (χ2v) is 9.14. The van der Waals surface area contributed by atoms with Crippen LogP contribution < -0.4 is 15.6 Å². The second-order valence-electron chi connectivity index (χ2n) is 6.75. The molecule has 0 bridgehead atoms. The molecule has 0 spiro atoms. The van der Waals surface area contributed by atoms with Crippen molar-refractivity contribution in [3.05, 3.63) is 45.1 Å². The van der Waals surface area contributed by atoms with Gasteiger partial charge in [0, 0.05) is 11.9 Å². The van der Waals surface area contributed by atoms with Gasteiger partial charge in [0.25, 0.3) is 5.56 Å². The SMILES string of the molecule is COc1ccccc1NC(=O)[C@@H](C)Sc1nc2sc3c(c2c(=O)n1C)CCC3. The Labute approximate surface area is 170 Å². The number of aromatic nitrogens is 2. The number of anilines is 1. The molecule has 0 unspecified atom stereocenters. The zero-order valence-electron chi connectivity index (χ0n) is 15.9. The number of thiophene rings is 1. The molecular weight excluding hydrogens is 394 g/mol. The number of nitrogens with one attached hydrogen (secondary N) is 1. The lowest BCUT2D eigenvalue weighted by atomic mass is 10.2. The van der Waals surface area contributed by atoms with Crippen molar-refractivity contribution in [1.29, 1.82) is 0 Å². The fourth-order valence-corrected chi connectivity index (χ4v) is 5.58. The smallest absolute Gasteiger partial charge is 0.262 e. The van der Waals surface area contributed by atoms with Crippen LogP contribution in [-0.2, 0) is 24.7 Å². The Bertz CT molecular complexity index is 1120. The van der Waals surface area contributed by atoms with E-state index in [2.05, 4.69) is 5.32 Å². The number of para-hydroxylation sites is 2. The zero-order valence-corrected chi connectivity index (χ0v) is 17.6. The van der Waals surface area contributed by atoms with Crippen LogP contribution in [0.2, 0.25) is 0 Å². The number of rotatable bonds is 5. The summed E-state index contributed by atoms with van der Waals surface area (Å²) < 4.78 is 6.84. The highest BCUT2D eigenvalue weighted by Crippen LogP contribution is 2.36. The van der Waals surface area contributed by atoms with Crippen molar-refractivity contribution >= 4 is 44.9 Å². The van der Waals surface area contributed by atoms with Gasteiger partial charge >= 0.3 is 0 Å². The van der Waals surface area contributed by atoms with E-state index in [1.54, 1.807) is 49.1 Å². The quantitative estimate of drug-likeness (QED) is 0.509. The van der Waals surface area contributed by atoms with Crippen molar-refractivity contribution in [2.45, 2.75) is 36.6 Å². The number of nitrogens with zero attached hydrogens (tertiary/aromatic N) is 2. The highest BCUT2D eigenvalue weighted by molar-refractivity contribution is 8.00. The highest BCUT2D eigenvalue weighted by Gasteiger charge is 2.24. The Morgan fingerprint density at radius 1 is 1.36 bits per heavy atom. The van der Waals surface area contributed by atoms with E-state index in [4.69, 9.17) is 9.72 Å². The van der Waals surface area contributed by atoms with Crippen LogP contribution in [0.3, 0.4) is 0 Å². The van der Waals surface area contributed by atoms with E-state index in [0.717, 1.165) is 29.5 Å². The molecule has 1 aliphatic rings. The van der Waals surface area contributed by atoms with Crippen LogP contribution in [0.1, 0.15) is 23.8 Å².